The molecule has 0 heterocycles. The lowest BCUT2D eigenvalue weighted by Gasteiger charge is -2.24. The van der Waals surface area contributed by atoms with Gasteiger partial charge in [-0.1, -0.05) is 38.1 Å². The number of Topliss-reactive ketones (excluding diaryl/α,β-unsaturated/α-hetero) is 2. The Morgan fingerprint density at radius 1 is 0.933 bits per heavy atom. The molecule has 0 radical (unpaired) electrons. The first kappa shape index (κ1) is 8.84. The topological polar surface area (TPSA) is 34.1 Å². The van der Waals surface area contributed by atoms with Gasteiger partial charge in [0.2, 0.25) is 0 Å². The molecule has 0 amide bonds. The van der Waals surface area contributed by atoms with Crippen LogP contribution in [0.25, 0.3) is 0 Å². The summed E-state index contributed by atoms with van der Waals surface area (Å²) in [4.78, 5) is 24.4. The fraction of sp³-hybridized carbons (Fsp3) is 0.385. The van der Waals surface area contributed by atoms with Crippen molar-refractivity contribution in [3.8, 4) is 0 Å². The van der Waals surface area contributed by atoms with Gasteiger partial charge in [0.1, 0.15) is 0 Å². The van der Waals surface area contributed by atoms with Gasteiger partial charge in [-0.3, -0.25) is 9.59 Å². The fourth-order valence-electron chi connectivity index (χ4n) is 2.80. The molecule has 1 aromatic carbocycles. The minimum Gasteiger partial charge on any atom is -0.294 e. The number of carbonyl (C=O) groups is 2. The zero-order valence-corrected chi connectivity index (χ0v) is 8.83. The Morgan fingerprint density at radius 2 is 1.33 bits per heavy atom. The quantitative estimate of drug-likeness (QED) is 0.644. The molecule has 0 bridgehead atoms. The van der Waals surface area contributed by atoms with Crippen molar-refractivity contribution >= 4 is 11.6 Å². The minimum absolute atomic E-state index is 0.139. The second-order valence-corrected chi connectivity index (χ2v) is 5.04. The SMILES string of the molecule is C[C@]12C[C@]1(C)C(=O)c1ccccc1C2=O. The fourth-order valence-corrected chi connectivity index (χ4v) is 2.80. The van der Waals surface area contributed by atoms with Gasteiger partial charge in [0.05, 0.1) is 0 Å². The Bertz CT molecular complexity index is 458. The van der Waals surface area contributed by atoms with Gasteiger partial charge >= 0.3 is 0 Å². The van der Waals surface area contributed by atoms with E-state index in [-0.39, 0.29) is 11.6 Å². The predicted molar refractivity (Wildman–Crippen MR) is 55.9 cm³/mol. The van der Waals surface area contributed by atoms with E-state index in [1.54, 1.807) is 12.1 Å². The van der Waals surface area contributed by atoms with Crippen LogP contribution >= 0.6 is 0 Å². The molecule has 1 aromatic rings. The molecule has 76 valence electrons. The third-order valence-electron chi connectivity index (χ3n) is 4.22. The molecule has 2 nitrogen and oxygen atoms in total. The Hall–Kier alpha value is -1.44. The summed E-state index contributed by atoms with van der Waals surface area (Å²) in [5.74, 6) is 0.278. The van der Waals surface area contributed by atoms with Crippen LogP contribution in [-0.2, 0) is 0 Å². The van der Waals surface area contributed by atoms with Gasteiger partial charge in [0.25, 0.3) is 0 Å². The maximum absolute atomic E-state index is 12.2. The van der Waals surface area contributed by atoms with Gasteiger partial charge in [0.15, 0.2) is 11.6 Å². The summed E-state index contributed by atoms with van der Waals surface area (Å²) < 4.78 is 0. The van der Waals surface area contributed by atoms with Crippen LogP contribution < -0.4 is 0 Å². The van der Waals surface area contributed by atoms with Crippen LogP contribution in [0.1, 0.15) is 41.0 Å². The smallest absolute Gasteiger partial charge is 0.170 e. The number of hydrogen-bond acceptors (Lipinski definition) is 2. The van der Waals surface area contributed by atoms with E-state index in [4.69, 9.17) is 0 Å². The first-order valence-corrected chi connectivity index (χ1v) is 5.19. The molecule has 2 aliphatic carbocycles. The third-order valence-corrected chi connectivity index (χ3v) is 4.22. The van der Waals surface area contributed by atoms with Crippen LogP contribution in [0.15, 0.2) is 24.3 Å². The van der Waals surface area contributed by atoms with Crippen molar-refractivity contribution in [2.75, 3.05) is 0 Å². The Balaban J connectivity index is 2.30. The molecular weight excluding hydrogens is 188 g/mol. The number of fused-ring (bicyclic) bond motifs is 2. The number of benzene rings is 1. The van der Waals surface area contributed by atoms with E-state index >= 15 is 0 Å². The molecule has 1 fully saturated rings. The molecule has 0 unspecified atom stereocenters. The lowest BCUT2D eigenvalue weighted by Crippen LogP contribution is -2.32. The van der Waals surface area contributed by atoms with E-state index in [0.29, 0.717) is 17.5 Å². The van der Waals surface area contributed by atoms with Crippen molar-refractivity contribution in [3.05, 3.63) is 35.4 Å². The van der Waals surface area contributed by atoms with Crippen molar-refractivity contribution in [2.24, 2.45) is 10.8 Å². The number of ketones is 2. The minimum atomic E-state index is -0.432. The normalized spacial score (nSPS) is 37.2. The average Bonchev–Trinajstić information content (AvgIpc) is 2.82. The molecule has 0 saturated heterocycles. The van der Waals surface area contributed by atoms with E-state index in [2.05, 4.69) is 0 Å². The molecule has 0 aliphatic heterocycles. The predicted octanol–water partition coefficient (Wildman–Crippen LogP) is 2.48. The lowest BCUT2D eigenvalue weighted by atomic mass is 9.76. The van der Waals surface area contributed by atoms with Crippen LogP contribution in [0.2, 0.25) is 0 Å². The molecule has 2 atom stereocenters. The highest BCUT2D eigenvalue weighted by Crippen LogP contribution is 2.68. The van der Waals surface area contributed by atoms with E-state index in [0.717, 1.165) is 0 Å². The zero-order chi connectivity index (χ0) is 10.8. The van der Waals surface area contributed by atoms with Crippen molar-refractivity contribution in [1.82, 2.24) is 0 Å². The molecule has 2 aliphatic rings. The average molecular weight is 200 g/mol. The van der Waals surface area contributed by atoms with E-state index in [1.165, 1.54) is 0 Å². The molecule has 0 aromatic heterocycles. The first-order chi connectivity index (χ1) is 7.01. The van der Waals surface area contributed by atoms with Gasteiger partial charge in [-0.15, -0.1) is 0 Å². The molecule has 1 saturated carbocycles. The van der Waals surface area contributed by atoms with Crippen LogP contribution in [0.3, 0.4) is 0 Å². The maximum atomic E-state index is 12.2. The van der Waals surface area contributed by atoms with E-state index < -0.39 is 10.8 Å². The summed E-state index contributed by atoms with van der Waals surface area (Å²) in [6.45, 7) is 3.81. The van der Waals surface area contributed by atoms with Crippen LogP contribution in [0.5, 0.6) is 0 Å². The summed E-state index contributed by atoms with van der Waals surface area (Å²) in [6, 6.07) is 7.16. The Labute approximate surface area is 88.3 Å². The van der Waals surface area contributed by atoms with Crippen molar-refractivity contribution in [3.63, 3.8) is 0 Å². The van der Waals surface area contributed by atoms with Gasteiger partial charge in [-0.2, -0.15) is 0 Å². The zero-order valence-electron chi connectivity index (χ0n) is 8.83. The largest absolute Gasteiger partial charge is 0.294 e. The summed E-state index contributed by atoms with van der Waals surface area (Å²) in [7, 11) is 0. The summed E-state index contributed by atoms with van der Waals surface area (Å²) in [5.41, 5.74) is 0.358. The summed E-state index contributed by atoms with van der Waals surface area (Å²) in [6.07, 6.45) is 0.701. The highest BCUT2D eigenvalue weighted by atomic mass is 16.1. The number of rotatable bonds is 0. The monoisotopic (exact) mass is 200 g/mol. The molecule has 2 heteroatoms. The highest BCUT2D eigenvalue weighted by Gasteiger charge is 2.72. The third kappa shape index (κ3) is 0.773. The van der Waals surface area contributed by atoms with Gasteiger partial charge < -0.3 is 0 Å². The number of hydrogen-bond donors (Lipinski definition) is 0. The van der Waals surface area contributed by atoms with Crippen molar-refractivity contribution < 1.29 is 9.59 Å². The summed E-state index contributed by atoms with van der Waals surface area (Å²) >= 11 is 0. The van der Waals surface area contributed by atoms with Gasteiger partial charge in [-0.25, -0.2) is 0 Å². The van der Waals surface area contributed by atoms with Crippen LogP contribution in [0, 0.1) is 10.8 Å². The number of carbonyl (C=O) groups excluding carboxylic acids is 2. The Morgan fingerprint density at radius 3 is 1.73 bits per heavy atom. The molecule has 3 rings (SSSR count). The molecule has 15 heavy (non-hydrogen) atoms. The van der Waals surface area contributed by atoms with Crippen molar-refractivity contribution in [1.29, 1.82) is 0 Å². The van der Waals surface area contributed by atoms with Gasteiger partial charge in [0, 0.05) is 22.0 Å². The Kier molecular flexibility index (Phi) is 1.30. The maximum Gasteiger partial charge on any atom is 0.170 e. The molecule has 0 spiro atoms. The standard InChI is InChI=1S/C13H12O2/c1-12-7-13(12,2)11(15)9-6-4-3-5-8(9)10(12)14/h3-6H,7H2,1-2H3/t12-,13-/m1/s1. The lowest BCUT2D eigenvalue weighted by molar-refractivity contribution is 0.0763. The second kappa shape index (κ2) is 2.21. The molecular formula is C13H12O2. The highest BCUT2D eigenvalue weighted by molar-refractivity contribution is 6.22. The first-order valence-electron chi connectivity index (χ1n) is 5.19. The van der Waals surface area contributed by atoms with Crippen molar-refractivity contribution in [2.45, 2.75) is 20.3 Å². The van der Waals surface area contributed by atoms with E-state index in [1.807, 2.05) is 26.0 Å². The summed E-state index contributed by atoms with van der Waals surface area (Å²) in [5, 5.41) is 0. The van der Waals surface area contributed by atoms with Crippen LogP contribution in [-0.4, -0.2) is 11.6 Å². The van der Waals surface area contributed by atoms with E-state index in [9.17, 15) is 9.59 Å². The van der Waals surface area contributed by atoms with Crippen LogP contribution in [0.4, 0.5) is 0 Å². The second-order valence-electron chi connectivity index (χ2n) is 5.04. The van der Waals surface area contributed by atoms with Gasteiger partial charge in [-0.05, 0) is 6.42 Å². The molecule has 0 N–H and O–H groups in total.